The SMILES string of the molecule is O=S1(=O)COCCN1Cc1ccc(Cl)c(F)c1. The lowest BCUT2D eigenvalue weighted by Gasteiger charge is -2.26. The van der Waals surface area contributed by atoms with E-state index in [9.17, 15) is 12.8 Å². The molecule has 1 aromatic carbocycles. The van der Waals surface area contributed by atoms with Gasteiger partial charge in [-0.05, 0) is 17.7 Å². The van der Waals surface area contributed by atoms with Crippen LogP contribution in [0.3, 0.4) is 0 Å². The van der Waals surface area contributed by atoms with Gasteiger partial charge < -0.3 is 4.74 Å². The highest BCUT2D eigenvalue weighted by atomic mass is 35.5. The molecule has 0 radical (unpaired) electrons. The summed E-state index contributed by atoms with van der Waals surface area (Å²) in [6, 6.07) is 4.27. The lowest BCUT2D eigenvalue weighted by molar-refractivity contribution is 0.130. The summed E-state index contributed by atoms with van der Waals surface area (Å²) in [7, 11) is -3.39. The molecule has 4 nitrogen and oxygen atoms in total. The van der Waals surface area contributed by atoms with Gasteiger partial charge in [-0.15, -0.1) is 0 Å². The van der Waals surface area contributed by atoms with Crippen molar-refractivity contribution in [2.45, 2.75) is 6.54 Å². The quantitative estimate of drug-likeness (QED) is 0.826. The first-order valence-electron chi connectivity index (χ1n) is 4.98. The smallest absolute Gasteiger partial charge is 0.238 e. The summed E-state index contributed by atoms with van der Waals surface area (Å²) < 4.78 is 42.6. The maximum atomic E-state index is 13.2. The molecule has 1 aromatic rings. The first kappa shape index (κ1) is 12.8. The van der Waals surface area contributed by atoms with Crippen LogP contribution in [0.5, 0.6) is 0 Å². The van der Waals surface area contributed by atoms with Crippen molar-refractivity contribution in [2.75, 3.05) is 19.1 Å². The van der Waals surface area contributed by atoms with E-state index in [-0.39, 0.29) is 24.1 Å². The summed E-state index contributed by atoms with van der Waals surface area (Å²) in [4.78, 5) is 0. The van der Waals surface area contributed by atoms with Crippen molar-refractivity contribution in [1.82, 2.24) is 4.31 Å². The monoisotopic (exact) mass is 279 g/mol. The molecule has 0 amide bonds. The number of hydrogen-bond acceptors (Lipinski definition) is 3. The van der Waals surface area contributed by atoms with Crippen LogP contribution in [0.4, 0.5) is 4.39 Å². The predicted molar refractivity (Wildman–Crippen MR) is 61.6 cm³/mol. The Bertz CT molecular complexity index is 520. The molecule has 0 aromatic heterocycles. The van der Waals surface area contributed by atoms with Gasteiger partial charge in [-0.2, -0.15) is 4.31 Å². The van der Waals surface area contributed by atoms with Gasteiger partial charge in [0.1, 0.15) is 5.82 Å². The van der Waals surface area contributed by atoms with Crippen molar-refractivity contribution in [2.24, 2.45) is 0 Å². The van der Waals surface area contributed by atoms with Crippen LogP contribution in [0.2, 0.25) is 5.02 Å². The van der Waals surface area contributed by atoms with Gasteiger partial charge >= 0.3 is 0 Å². The Hall–Kier alpha value is -0.690. The lowest BCUT2D eigenvalue weighted by Crippen LogP contribution is -2.40. The van der Waals surface area contributed by atoms with Gasteiger partial charge in [0.2, 0.25) is 10.0 Å². The third-order valence-corrected chi connectivity index (χ3v) is 4.32. The molecule has 0 aliphatic carbocycles. The Morgan fingerprint density at radius 1 is 1.47 bits per heavy atom. The Kier molecular flexibility index (Phi) is 3.67. The minimum atomic E-state index is -3.39. The zero-order chi connectivity index (χ0) is 12.5. The van der Waals surface area contributed by atoms with Gasteiger partial charge in [0.25, 0.3) is 0 Å². The second-order valence-corrected chi connectivity index (χ2v) is 6.04. The van der Waals surface area contributed by atoms with E-state index in [0.29, 0.717) is 12.2 Å². The molecule has 0 bridgehead atoms. The van der Waals surface area contributed by atoms with Crippen molar-refractivity contribution in [3.8, 4) is 0 Å². The summed E-state index contributed by atoms with van der Waals surface area (Å²) in [5, 5.41) is 0.0265. The molecule has 2 rings (SSSR count). The number of benzene rings is 1. The van der Waals surface area contributed by atoms with E-state index < -0.39 is 15.8 Å². The fraction of sp³-hybridized carbons (Fsp3) is 0.400. The molecule has 0 spiro atoms. The molecule has 0 atom stereocenters. The highest BCUT2D eigenvalue weighted by Gasteiger charge is 2.26. The van der Waals surface area contributed by atoms with Gasteiger partial charge in [-0.3, -0.25) is 0 Å². The summed E-state index contributed by atoms with van der Waals surface area (Å²) in [5.41, 5.74) is 0.567. The van der Waals surface area contributed by atoms with Crippen LogP contribution >= 0.6 is 11.6 Å². The first-order valence-corrected chi connectivity index (χ1v) is 6.97. The number of ether oxygens (including phenoxy) is 1. The molecule has 1 saturated heterocycles. The Morgan fingerprint density at radius 3 is 2.88 bits per heavy atom. The summed E-state index contributed by atoms with van der Waals surface area (Å²) >= 11 is 5.55. The fourth-order valence-corrected chi connectivity index (χ4v) is 2.86. The van der Waals surface area contributed by atoms with Crippen molar-refractivity contribution in [3.63, 3.8) is 0 Å². The molecule has 1 aliphatic heterocycles. The molecule has 0 N–H and O–H groups in total. The van der Waals surface area contributed by atoms with Gasteiger partial charge in [0, 0.05) is 13.1 Å². The van der Waals surface area contributed by atoms with E-state index in [1.165, 1.54) is 16.4 Å². The van der Waals surface area contributed by atoms with Crippen LogP contribution in [-0.2, 0) is 21.3 Å². The van der Waals surface area contributed by atoms with Crippen LogP contribution in [0.25, 0.3) is 0 Å². The topological polar surface area (TPSA) is 46.6 Å². The van der Waals surface area contributed by atoms with E-state index in [1.807, 2.05) is 0 Å². The maximum Gasteiger partial charge on any atom is 0.238 e. The number of sulfonamides is 1. The molecule has 94 valence electrons. The van der Waals surface area contributed by atoms with E-state index in [0.717, 1.165) is 0 Å². The Balaban J connectivity index is 2.17. The van der Waals surface area contributed by atoms with Gasteiger partial charge in [0.05, 0.1) is 11.6 Å². The molecule has 17 heavy (non-hydrogen) atoms. The zero-order valence-electron chi connectivity index (χ0n) is 8.90. The highest BCUT2D eigenvalue weighted by Crippen LogP contribution is 2.18. The zero-order valence-corrected chi connectivity index (χ0v) is 10.5. The Morgan fingerprint density at radius 2 is 2.24 bits per heavy atom. The molecule has 0 unspecified atom stereocenters. The highest BCUT2D eigenvalue weighted by molar-refractivity contribution is 7.88. The van der Waals surface area contributed by atoms with Gasteiger partial charge in [0.15, 0.2) is 5.94 Å². The minimum Gasteiger partial charge on any atom is -0.363 e. The fourth-order valence-electron chi connectivity index (χ4n) is 1.56. The molecule has 1 heterocycles. The second kappa shape index (κ2) is 4.89. The first-order chi connectivity index (χ1) is 7.99. The van der Waals surface area contributed by atoms with Gasteiger partial charge in [-0.1, -0.05) is 17.7 Å². The molecule has 1 fully saturated rings. The third kappa shape index (κ3) is 2.95. The van der Waals surface area contributed by atoms with Crippen LogP contribution in [0, 0.1) is 5.82 Å². The van der Waals surface area contributed by atoms with Crippen molar-refractivity contribution >= 4 is 21.6 Å². The minimum absolute atomic E-state index is 0.0265. The molecule has 0 saturated carbocycles. The normalized spacial score (nSPS) is 20.4. The number of rotatable bonds is 2. The largest absolute Gasteiger partial charge is 0.363 e. The van der Waals surface area contributed by atoms with Crippen LogP contribution in [0.1, 0.15) is 5.56 Å². The second-order valence-electron chi connectivity index (χ2n) is 3.72. The lowest BCUT2D eigenvalue weighted by atomic mass is 10.2. The third-order valence-electron chi connectivity index (χ3n) is 2.45. The van der Waals surface area contributed by atoms with E-state index >= 15 is 0 Å². The van der Waals surface area contributed by atoms with Crippen molar-refractivity contribution in [3.05, 3.63) is 34.6 Å². The number of halogens is 2. The van der Waals surface area contributed by atoms with Gasteiger partial charge in [-0.25, -0.2) is 12.8 Å². The molecule has 1 aliphatic rings. The summed E-state index contributed by atoms with van der Waals surface area (Å²) in [5.74, 6) is -0.863. The summed E-state index contributed by atoms with van der Waals surface area (Å²) in [6.45, 7) is 0.779. The molecular weight excluding hydrogens is 269 g/mol. The van der Waals surface area contributed by atoms with Crippen LogP contribution in [0.15, 0.2) is 18.2 Å². The average molecular weight is 280 g/mol. The van der Waals surface area contributed by atoms with E-state index in [2.05, 4.69) is 0 Å². The number of hydrogen-bond donors (Lipinski definition) is 0. The molecule has 7 heteroatoms. The standard InChI is InChI=1S/C10H11ClFNO3S/c11-9-2-1-8(5-10(9)12)6-13-3-4-16-7-17(13,14)15/h1-2,5H,3-4,6-7H2. The molecular formula is C10H11ClFNO3S. The maximum absolute atomic E-state index is 13.2. The van der Waals surface area contributed by atoms with E-state index in [1.54, 1.807) is 6.07 Å². The van der Waals surface area contributed by atoms with E-state index in [4.69, 9.17) is 16.3 Å². The number of nitrogens with zero attached hydrogens (tertiary/aromatic N) is 1. The van der Waals surface area contributed by atoms with Crippen LogP contribution in [-0.4, -0.2) is 31.8 Å². The predicted octanol–water partition coefficient (Wildman–Crippen LogP) is 1.60. The van der Waals surface area contributed by atoms with Crippen molar-refractivity contribution < 1.29 is 17.5 Å². The van der Waals surface area contributed by atoms with Crippen molar-refractivity contribution in [1.29, 1.82) is 0 Å². The average Bonchev–Trinajstić information content (AvgIpc) is 2.26. The Labute approximate surface area is 104 Å². The summed E-state index contributed by atoms with van der Waals surface area (Å²) in [6.07, 6.45) is 0. The van der Waals surface area contributed by atoms with Crippen LogP contribution < -0.4 is 0 Å².